The van der Waals surface area contributed by atoms with E-state index in [1.54, 1.807) is 0 Å². The molecule has 1 heterocycles. The lowest BCUT2D eigenvalue weighted by Gasteiger charge is -2.11. The zero-order chi connectivity index (χ0) is 8.81. The van der Waals surface area contributed by atoms with Crippen LogP contribution in [0.25, 0.3) is 0 Å². The van der Waals surface area contributed by atoms with Crippen LogP contribution < -0.4 is 0 Å². The van der Waals surface area contributed by atoms with Crippen LogP contribution in [-0.4, -0.2) is 36.7 Å². The van der Waals surface area contributed by atoms with E-state index < -0.39 is 5.97 Å². The molecule has 0 saturated carbocycles. The van der Waals surface area contributed by atoms with E-state index in [2.05, 4.69) is 0 Å². The minimum absolute atomic E-state index is 0.172. The van der Waals surface area contributed by atoms with Crippen molar-refractivity contribution in [3.63, 3.8) is 0 Å². The van der Waals surface area contributed by atoms with Crippen molar-refractivity contribution in [2.45, 2.75) is 11.9 Å². The number of aldehydes is 1. The third kappa shape index (κ3) is 3.23. The molecule has 12 heavy (non-hydrogen) atoms. The van der Waals surface area contributed by atoms with Crippen LogP contribution in [0.15, 0.2) is 0 Å². The van der Waals surface area contributed by atoms with Crippen molar-refractivity contribution in [3.8, 4) is 0 Å². The van der Waals surface area contributed by atoms with Gasteiger partial charge in [0.25, 0.3) is 0 Å². The molecule has 0 N–H and O–H groups in total. The van der Waals surface area contributed by atoms with Gasteiger partial charge in [-0.2, -0.15) is 0 Å². The number of ether oxygens (including phenoxy) is 2. The van der Waals surface area contributed by atoms with Crippen molar-refractivity contribution in [3.05, 3.63) is 0 Å². The van der Waals surface area contributed by atoms with E-state index in [0.717, 1.165) is 12.2 Å². The second kappa shape index (κ2) is 5.16. The molecule has 0 amide bonds. The van der Waals surface area contributed by atoms with E-state index in [1.807, 2.05) is 0 Å². The van der Waals surface area contributed by atoms with Gasteiger partial charge < -0.3 is 9.47 Å². The molecule has 1 saturated heterocycles. The summed E-state index contributed by atoms with van der Waals surface area (Å²) in [6.45, 7) is 1.08. The zero-order valence-corrected chi connectivity index (χ0v) is 7.34. The van der Waals surface area contributed by atoms with E-state index in [4.69, 9.17) is 9.47 Å². The number of rotatable bonds is 2. The molecule has 0 aromatic heterocycles. The van der Waals surface area contributed by atoms with Crippen LogP contribution in [0, 0.1) is 0 Å². The summed E-state index contributed by atoms with van der Waals surface area (Å²) in [6, 6.07) is 0. The average Bonchev–Trinajstić information content (AvgIpc) is 2.33. The molecule has 1 atom stereocenters. The predicted octanol–water partition coefficient (Wildman–Crippen LogP) is 0.208. The largest absolute Gasteiger partial charge is 0.443 e. The topological polar surface area (TPSA) is 52.6 Å². The molecule has 1 fully saturated rings. The van der Waals surface area contributed by atoms with E-state index in [9.17, 15) is 9.59 Å². The summed E-state index contributed by atoms with van der Waals surface area (Å²) < 4.78 is 9.89. The Labute approximate surface area is 74.6 Å². The van der Waals surface area contributed by atoms with Gasteiger partial charge in [0.2, 0.25) is 6.29 Å². The maximum absolute atomic E-state index is 10.5. The molecule has 1 unspecified atom stereocenters. The molecule has 0 bridgehead atoms. The van der Waals surface area contributed by atoms with Gasteiger partial charge in [-0.15, -0.1) is 11.8 Å². The summed E-state index contributed by atoms with van der Waals surface area (Å²) in [5.74, 6) is 0.0783. The monoisotopic (exact) mass is 190 g/mol. The standard InChI is InChI=1S/C7H10O4S/c8-4-6(9)11-7-5-10-2-1-3-12-7/h4,7H,1-3,5H2. The highest BCUT2D eigenvalue weighted by Gasteiger charge is 2.16. The van der Waals surface area contributed by atoms with Crippen LogP contribution in [0.3, 0.4) is 0 Å². The summed E-state index contributed by atoms with van der Waals surface area (Å²) in [5, 5.41) is 0. The van der Waals surface area contributed by atoms with Crippen LogP contribution in [0.2, 0.25) is 0 Å². The van der Waals surface area contributed by atoms with Gasteiger partial charge in [0.05, 0.1) is 6.61 Å². The highest BCUT2D eigenvalue weighted by Crippen LogP contribution is 2.17. The smallest absolute Gasteiger partial charge is 0.372 e. The molecular formula is C7H10O4S. The molecule has 1 rings (SSSR count). The van der Waals surface area contributed by atoms with Crippen molar-refractivity contribution in [2.24, 2.45) is 0 Å². The average molecular weight is 190 g/mol. The lowest BCUT2D eigenvalue weighted by molar-refractivity contribution is -0.151. The highest BCUT2D eigenvalue weighted by atomic mass is 32.2. The van der Waals surface area contributed by atoms with Gasteiger partial charge in [-0.25, -0.2) is 4.79 Å². The van der Waals surface area contributed by atoms with Gasteiger partial charge >= 0.3 is 5.97 Å². The Morgan fingerprint density at radius 1 is 1.67 bits per heavy atom. The van der Waals surface area contributed by atoms with E-state index >= 15 is 0 Å². The Morgan fingerprint density at radius 3 is 3.25 bits per heavy atom. The minimum atomic E-state index is -0.821. The first-order chi connectivity index (χ1) is 5.83. The quantitative estimate of drug-likeness (QED) is 0.354. The Morgan fingerprint density at radius 2 is 2.50 bits per heavy atom. The summed E-state index contributed by atoms with van der Waals surface area (Å²) in [4.78, 5) is 20.5. The predicted molar refractivity (Wildman–Crippen MR) is 43.8 cm³/mol. The molecule has 0 aromatic rings. The van der Waals surface area contributed by atoms with Crippen molar-refractivity contribution in [1.82, 2.24) is 0 Å². The first-order valence-corrected chi connectivity index (χ1v) is 4.73. The molecule has 5 heteroatoms. The molecular weight excluding hydrogens is 180 g/mol. The Kier molecular flexibility index (Phi) is 4.10. The third-order valence-electron chi connectivity index (χ3n) is 1.33. The number of hydrogen-bond acceptors (Lipinski definition) is 5. The summed E-state index contributed by atoms with van der Waals surface area (Å²) in [5.41, 5.74) is -0.315. The molecule has 68 valence electrons. The van der Waals surface area contributed by atoms with Crippen molar-refractivity contribution >= 4 is 24.0 Å². The van der Waals surface area contributed by atoms with Crippen molar-refractivity contribution < 1.29 is 19.1 Å². The van der Waals surface area contributed by atoms with Crippen LogP contribution >= 0.6 is 11.8 Å². The Balaban J connectivity index is 2.29. The molecule has 1 aliphatic heterocycles. The number of esters is 1. The van der Waals surface area contributed by atoms with Crippen molar-refractivity contribution in [2.75, 3.05) is 19.0 Å². The van der Waals surface area contributed by atoms with Crippen molar-refractivity contribution in [1.29, 1.82) is 0 Å². The van der Waals surface area contributed by atoms with Crippen LogP contribution in [0.4, 0.5) is 0 Å². The number of hydrogen-bond donors (Lipinski definition) is 0. The van der Waals surface area contributed by atoms with Gasteiger partial charge in [0.15, 0.2) is 5.44 Å². The van der Waals surface area contributed by atoms with E-state index in [-0.39, 0.29) is 11.7 Å². The Hall–Kier alpha value is -0.550. The van der Waals surface area contributed by atoms with Crippen LogP contribution in [0.5, 0.6) is 0 Å². The van der Waals surface area contributed by atoms with Gasteiger partial charge in [0, 0.05) is 6.61 Å². The molecule has 0 radical (unpaired) electrons. The van der Waals surface area contributed by atoms with Gasteiger partial charge in [-0.1, -0.05) is 0 Å². The van der Waals surface area contributed by atoms with Crippen LogP contribution in [-0.2, 0) is 19.1 Å². The highest BCUT2D eigenvalue weighted by molar-refractivity contribution is 7.99. The normalized spacial score (nSPS) is 24.2. The second-order valence-corrected chi connectivity index (χ2v) is 3.55. The van der Waals surface area contributed by atoms with Gasteiger partial charge in [-0.3, -0.25) is 4.79 Å². The molecule has 0 spiro atoms. The number of thioether (sulfide) groups is 1. The minimum Gasteiger partial charge on any atom is -0.443 e. The number of carbonyl (C=O) groups excluding carboxylic acids is 2. The zero-order valence-electron chi connectivity index (χ0n) is 6.52. The summed E-state index contributed by atoms with van der Waals surface area (Å²) in [6.07, 6.45) is 1.13. The van der Waals surface area contributed by atoms with Gasteiger partial charge in [0.1, 0.15) is 0 Å². The number of carbonyl (C=O) groups is 2. The van der Waals surface area contributed by atoms with Crippen LogP contribution in [0.1, 0.15) is 6.42 Å². The second-order valence-electron chi connectivity index (χ2n) is 2.28. The molecule has 4 nitrogen and oxygen atoms in total. The fourth-order valence-corrected chi connectivity index (χ4v) is 1.73. The maximum atomic E-state index is 10.5. The lowest BCUT2D eigenvalue weighted by atomic mass is 10.5. The maximum Gasteiger partial charge on any atom is 0.372 e. The summed E-state index contributed by atoms with van der Waals surface area (Å²) in [7, 11) is 0. The first kappa shape index (κ1) is 9.54. The summed E-state index contributed by atoms with van der Waals surface area (Å²) >= 11 is 1.50. The van der Waals surface area contributed by atoms with E-state index in [1.165, 1.54) is 11.8 Å². The SMILES string of the molecule is O=CC(=O)OC1COCCCS1. The Bertz CT molecular complexity index is 163. The first-order valence-electron chi connectivity index (χ1n) is 3.68. The lowest BCUT2D eigenvalue weighted by Crippen LogP contribution is -2.19. The van der Waals surface area contributed by atoms with Gasteiger partial charge in [-0.05, 0) is 12.2 Å². The molecule has 1 aliphatic rings. The fraction of sp³-hybridized carbons (Fsp3) is 0.714. The third-order valence-corrected chi connectivity index (χ3v) is 2.46. The molecule has 0 aliphatic carbocycles. The molecule has 0 aromatic carbocycles. The fourth-order valence-electron chi connectivity index (χ4n) is 0.829. The van der Waals surface area contributed by atoms with E-state index in [0.29, 0.717) is 13.2 Å².